The van der Waals surface area contributed by atoms with E-state index in [-0.39, 0.29) is 5.56 Å². The van der Waals surface area contributed by atoms with E-state index in [4.69, 9.17) is 0 Å². The lowest BCUT2D eigenvalue weighted by Crippen LogP contribution is -2.29. The molecule has 3 rings (SSSR count). The van der Waals surface area contributed by atoms with Crippen LogP contribution in [0, 0.1) is 6.92 Å². The van der Waals surface area contributed by atoms with E-state index < -0.39 is 7.12 Å². The molecule has 4 nitrogen and oxygen atoms in total. The lowest BCUT2D eigenvalue weighted by atomic mass is 9.78. The molecule has 0 bridgehead atoms. The average molecular weight is 279 g/mol. The van der Waals surface area contributed by atoms with Crippen LogP contribution in [-0.2, 0) is 0 Å². The third-order valence-electron chi connectivity index (χ3n) is 3.64. The average Bonchev–Trinajstić information content (AvgIpc) is 2.47. The Bertz CT molecular complexity index is 871. The first-order valence-corrected chi connectivity index (χ1v) is 6.65. The van der Waals surface area contributed by atoms with Gasteiger partial charge in [-0.3, -0.25) is 4.79 Å². The van der Waals surface area contributed by atoms with Gasteiger partial charge in [-0.2, -0.15) is 0 Å². The molecule has 5 heteroatoms. The summed E-state index contributed by atoms with van der Waals surface area (Å²) in [4.78, 5) is 14.4. The molecule has 104 valence electrons. The van der Waals surface area contributed by atoms with Crippen LogP contribution in [0.5, 0.6) is 0 Å². The SMILES string of the molecule is Cc1ccc(B(O)O)cc1-c1ccc2c(=O)[nH]ccc2c1. The fourth-order valence-corrected chi connectivity index (χ4v) is 2.47. The van der Waals surface area contributed by atoms with Crippen molar-refractivity contribution in [3.8, 4) is 11.1 Å². The number of aryl methyl sites for hydroxylation is 1. The van der Waals surface area contributed by atoms with Gasteiger partial charge in [0.15, 0.2) is 0 Å². The van der Waals surface area contributed by atoms with Crippen LogP contribution in [0.2, 0.25) is 0 Å². The van der Waals surface area contributed by atoms with E-state index in [1.54, 1.807) is 24.4 Å². The molecule has 0 atom stereocenters. The fourth-order valence-electron chi connectivity index (χ4n) is 2.47. The molecule has 1 heterocycles. The summed E-state index contributed by atoms with van der Waals surface area (Å²) >= 11 is 0. The number of aromatic amines is 1. The van der Waals surface area contributed by atoms with Crippen molar-refractivity contribution >= 4 is 23.4 Å². The van der Waals surface area contributed by atoms with E-state index in [1.165, 1.54) is 0 Å². The standard InChI is InChI=1S/C16H14BNO3/c1-10-2-4-13(17(20)21)9-15(10)11-3-5-14-12(8-11)6-7-18-16(14)19/h2-9,20-21H,1H3,(H,18,19). The first kappa shape index (κ1) is 13.6. The molecule has 3 N–H and O–H groups in total. The topological polar surface area (TPSA) is 73.3 Å². The number of nitrogens with one attached hydrogen (secondary N) is 1. The van der Waals surface area contributed by atoms with E-state index in [0.717, 1.165) is 22.1 Å². The van der Waals surface area contributed by atoms with Crippen LogP contribution < -0.4 is 11.0 Å². The van der Waals surface area contributed by atoms with Crippen LogP contribution in [0.4, 0.5) is 0 Å². The van der Waals surface area contributed by atoms with Crippen LogP contribution in [0.3, 0.4) is 0 Å². The van der Waals surface area contributed by atoms with E-state index in [1.807, 2.05) is 31.2 Å². The lowest BCUT2D eigenvalue weighted by molar-refractivity contribution is 0.426. The summed E-state index contributed by atoms with van der Waals surface area (Å²) in [5.41, 5.74) is 3.22. The molecule has 0 unspecified atom stereocenters. The maximum Gasteiger partial charge on any atom is 0.488 e. The molecule has 0 radical (unpaired) electrons. The number of hydrogen-bond donors (Lipinski definition) is 3. The number of aromatic nitrogens is 1. The van der Waals surface area contributed by atoms with E-state index in [9.17, 15) is 14.8 Å². The maximum absolute atomic E-state index is 11.7. The Kier molecular flexibility index (Phi) is 3.37. The van der Waals surface area contributed by atoms with Gasteiger partial charge in [0.25, 0.3) is 5.56 Å². The minimum absolute atomic E-state index is 0.115. The van der Waals surface area contributed by atoms with Gasteiger partial charge in [0.05, 0.1) is 0 Å². The van der Waals surface area contributed by atoms with Crippen LogP contribution >= 0.6 is 0 Å². The van der Waals surface area contributed by atoms with Crippen molar-refractivity contribution in [3.05, 3.63) is 64.6 Å². The number of fused-ring (bicyclic) bond motifs is 1. The maximum atomic E-state index is 11.7. The van der Waals surface area contributed by atoms with Crippen molar-refractivity contribution in [2.45, 2.75) is 6.92 Å². The number of rotatable bonds is 2. The van der Waals surface area contributed by atoms with Crippen LogP contribution in [0.25, 0.3) is 21.9 Å². The minimum atomic E-state index is -1.49. The second kappa shape index (κ2) is 5.20. The third-order valence-corrected chi connectivity index (χ3v) is 3.64. The highest BCUT2D eigenvalue weighted by Crippen LogP contribution is 2.25. The molecular weight excluding hydrogens is 265 g/mol. The molecule has 0 fully saturated rings. The zero-order valence-electron chi connectivity index (χ0n) is 11.5. The van der Waals surface area contributed by atoms with Crippen LogP contribution in [-0.4, -0.2) is 22.2 Å². The first-order chi connectivity index (χ1) is 10.1. The molecule has 0 aliphatic carbocycles. The predicted molar refractivity (Wildman–Crippen MR) is 84.6 cm³/mol. The Morgan fingerprint density at radius 1 is 1.05 bits per heavy atom. The molecule has 0 saturated heterocycles. The fraction of sp³-hybridized carbons (Fsp3) is 0.0625. The van der Waals surface area contributed by atoms with E-state index >= 15 is 0 Å². The molecule has 1 aromatic heterocycles. The number of benzene rings is 2. The molecule has 0 spiro atoms. The third kappa shape index (κ3) is 2.49. The summed E-state index contributed by atoms with van der Waals surface area (Å²) in [6, 6.07) is 12.7. The summed E-state index contributed by atoms with van der Waals surface area (Å²) in [5.74, 6) is 0. The molecule has 0 aliphatic heterocycles. The molecule has 2 aromatic carbocycles. The number of pyridine rings is 1. The molecule has 0 amide bonds. The van der Waals surface area contributed by atoms with Crippen molar-refractivity contribution in [1.29, 1.82) is 0 Å². The van der Waals surface area contributed by atoms with Gasteiger partial charge >= 0.3 is 7.12 Å². The van der Waals surface area contributed by atoms with Gasteiger partial charge in [-0.05, 0) is 52.7 Å². The number of H-pyrrole nitrogens is 1. The predicted octanol–water partition coefficient (Wildman–Crippen LogP) is 1.18. The van der Waals surface area contributed by atoms with E-state index in [2.05, 4.69) is 4.98 Å². The van der Waals surface area contributed by atoms with Gasteiger partial charge in [0.1, 0.15) is 0 Å². The van der Waals surface area contributed by atoms with Gasteiger partial charge in [-0.15, -0.1) is 0 Å². The summed E-state index contributed by atoms with van der Waals surface area (Å²) in [7, 11) is -1.49. The summed E-state index contributed by atoms with van der Waals surface area (Å²) in [6.07, 6.45) is 1.62. The zero-order valence-corrected chi connectivity index (χ0v) is 11.5. The highest BCUT2D eigenvalue weighted by Gasteiger charge is 2.13. The van der Waals surface area contributed by atoms with E-state index in [0.29, 0.717) is 10.8 Å². The largest absolute Gasteiger partial charge is 0.488 e. The van der Waals surface area contributed by atoms with Gasteiger partial charge in [0, 0.05) is 11.6 Å². The van der Waals surface area contributed by atoms with Gasteiger partial charge in [-0.25, -0.2) is 0 Å². The Morgan fingerprint density at radius 3 is 2.62 bits per heavy atom. The smallest absolute Gasteiger partial charge is 0.423 e. The van der Waals surface area contributed by atoms with Crippen molar-refractivity contribution in [2.75, 3.05) is 0 Å². The van der Waals surface area contributed by atoms with Gasteiger partial charge < -0.3 is 15.0 Å². The molecule has 21 heavy (non-hydrogen) atoms. The van der Waals surface area contributed by atoms with Crippen LogP contribution in [0.15, 0.2) is 53.5 Å². The second-order valence-electron chi connectivity index (χ2n) is 5.06. The van der Waals surface area contributed by atoms with Crippen molar-refractivity contribution in [3.63, 3.8) is 0 Å². The first-order valence-electron chi connectivity index (χ1n) is 6.65. The summed E-state index contributed by atoms with van der Waals surface area (Å²) in [5, 5.41) is 20.1. The van der Waals surface area contributed by atoms with Gasteiger partial charge in [-0.1, -0.05) is 24.3 Å². The highest BCUT2D eigenvalue weighted by atomic mass is 16.4. The lowest BCUT2D eigenvalue weighted by Gasteiger charge is -2.10. The van der Waals surface area contributed by atoms with Crippen LogP contribution in [0.1, 0.15) is 5.56 Å². The normalized spacial score (nSPS) is 10.8. The Labute approximate surface area is 121 Å². The Balaban J connectivity index is 2.21. The Hall–Kier alpha value is -2.37. The summed E-state index contributed by atoms with van der Waals surface area (Å²) in [6.45, 7) is 1.96. The molecule has 0 saturated carbocycles. The quantitative estimate of drug-likeness (QED) is 0.617. The van der Waals surface area contributed by atoms with Gasteiger partial charge in [0.2, 0.25) is 0 Å². The number of hydrogen-bond acceptors (Lipinski definition) is 3. The summed E-state index contributed by atoms with van der Waals surface area (Å²) < 4.78 is 0. The monoisotopic (exact) mass is 279 g/mol. The van der Waals surface area contributed by atoms with Crippen molar-refractivity contribution in [1.82, 2.24) is 4.98 Å². The highest BCUT2D eigenvalue weighted by molar-refractivity contribution is 6.58. The molecule has 3 aromatic rings. The minimum Gasteiger partial charge on any atom is -0.423 e. The Morgan fingerprint density at radius 2 is 1.86 bits per heavy atom. The van der Waals surface area contributed by atoms with Crippen molar-refractivity contribution in [2.24, 2.45) is 0 Å². The molecule has 0 aliphatic rings. The molecular formula is C16H14BNO3. The zero-order chi connectivity index (χ0) is 15.0. The van der Waals surface area contributed by atoms with Crippen molar-refractivity contribution < 1.29 is 10.0 Å². The second-order valence-corrected chi connectivity index (χ2v) is 5.06.